The molecular weight excluding hydrogens is 280 g/mol. The zero-order chi connectivity index (χ0) is 15.9. The molecule has 22 heavy (non-hydrogen) atoms. The minimum atomic E-state index is -0.555. The molecule has 5 heteroatoms. The van der Waals surface area contributed by atoms with Crippen LogP contribution in [0.3, 0.4) is 0 Å². The zero-order valence-electron chi connectivity index (χ0n) is 13.2. The minimum Gasteiger partial charge on any atom is -0.376 e. The average molecular weight is 304 g/mol. The lowest BCUT2D eigenvalue weighted by atomic mass is 10.2. The Hall–Kier alpha value is -1.88. The summed E-state index contributed by atoms with van der Waals surface area (Å²) in [5.41, 5.74) is 1.01. The Bertz CT molecular complexity index is 496. The second-order valence-electron chi connectivity index (χ2n) is 5.86. The number of carbonyl (C=O) groups excluding carboxylic acids is 2. The van der Waals surface area contributed by atoms with Crippen molar-refractivity contribution in [2.24, 2.45) is 0 Å². The van der Waals surface area contributed by atoms with Gasteiger partial charge >= 0.3 is 11.8 Å². The van der Waals surface area contributed by atoms with Gasteiger partial charge in [-0.05, 0) is 32.3 Å². The highest BCUT2D eigenvalue weighted by Gasteiger charge is 2.25. The fourth-order valence-electron chi connectivity index (χ4n) is 2.49. The number of nitrogens with one attached hydrogen (secondary N) is 1. The predicted molar refractivity (Wildman–Crippen MR) is 84.1 cm³/mol. The summed E-state index contributed by atoms with van der Waals surface area (Å²) < 4.78 is 5.45. The van der Waals surface area contributed by atoms with Crippen LogP contribution in [0.1, 0.15) is 32.3 Å². The molecule has 120 valence electrons. The Morgan fingerprint density at radius 1 is 1.32 bits per heavy atom. The molecule has 0 bridgehead atoms. The van der Waals surface area contributed by atoms with Crippen LogP contribution in [0, 0.1) is 0 Å². The molecule has 0 spiro atoms. The summed E-state index contributed by atoms with van der Waals surface area (Å²) >= 11 is 0. The number of ether oxygens (including phenoxy) is 1. The van der Waals surface area contributed by atoms with Crippen LogP contribution in [-0.4, -0.2) is 42.0 Å². The number of nitrogens with zero attached hydrogens (tertiary/aromatic N) is 1. The number of hydrogen-bond donors (Lipinski definition) is 1. The van der Waals surface area contributed by atoms with Gasteiger partial charge < -0.3 is 15.0 Å². The molecule has 0 radical (unpaired) electrons. The van der Waals surface area contributed by atoms with Gasteiger partial charge in [0.15, 0.2) is 0 Å². The van der Waals surface area contributed by atoms with Crippen molar-refractivity contribution in [3.63, 3.8) is 0 Å². The van der Waals surface area contributed by atoms with Crippen molar-refractivity contribution in [3.8, 4) is 0 Å². The van der Waals surface area contributed by atoms with Gasteiger partial charge in [0.25, 0.3) is 0 Å². The van der Waals surface area contributed by atoms with Crippen LogP contribution >= 0.6 is 0 Å². The van der Waals surface area contributed by atoms with Crippen molar-refractivity contribution >= 4 is 11.8 Å². The van der Waals surface area contributed by atoms with Crippen molar-refractivity contribution < 1.29 is 14.3 Å². The number of hydrogen-bond acceptors (Lipinski definition) is 3. The first-order chi connectivity index (χ1) is 10.6. The maximum Gasteiger partial charge on any atom is 0.312 e. The van der Waals surface area contributed by atoms with Crippen LogP contribution in [0.2, 0.25) is 0 Å². The van der Waals surface area contributed by atoms with Gasteiger partial charge in [-0.2, -0.15) is 0 Å². The topological polar surface area (TPSA) is 58.6 Å². The summed E-state index contributed by atoms with van der Waals surface area (Å²) in [5.74, 6) is -1.04. The van der Waals surface area contributed by atoms with E-state index in [-0.39, 0.29) is 12.1 Å². The molecule has 0 saturated carbocycles. The predicted octanol–water partition coefficient (Wildman–Crippen LogP) is 1.72. The molecule has 1 N–H and O–H groups in total. The van der Waals surface area contributed by atoms with Crippen molar-refractivity contribution in [1.29, 1.82) is 0 Å². The number of benzene rings is 1. The van der Waals surface area contributed by atoms with Gasteiger partial charge in [0.05, 0.1) is 6.10 Å². The third kappa shape index (κ3) is 4.56. The van der Waals surface area contributed by atoms with Crippen molar-refractivity contribution in [1.82, 2.24) is 10.2 Å². The zero-order valence-corrected chi connectivity index (χ0v) is 13.2. The van der Waals surface area contributed by atoms with E-state index < -0.39 is 11.8 Å². The van der Waals surface area contributed by atoms with Gasteiger partial charge in [0, 0.05) is 25.7 Å². The molecular formula is C17H24N2O3. The maximum atomic E-state index is 12.4. The van der Waals surface area contributed by atoms with Crippen molar-refractivity contribution in [2.45, 2.75) is 45.4 Å². The van der Waals surface area contributed by atoms with Gasteiger partial charge in [-0.25, -0.2) is 0 Å². The van der Waals surface area contributed by atoms with Crippen LogP contribution in [0.4, 0.5) is 0 Å². The first-order valence-electron chi connectivity index (χ1n) is 7.82. The lowest BCUT2D eigenvalue weighted by Gasteiger charge is -2.26. The Balaban J connectivity index is 1.91. The SMILES string of the molecule is CC(C)N(Cc1ccccc1)C(=O)C(=O)NCC1CCCO1. The molecule has 5 nitrogen and oxygen atoms in total. The Labute approximate surface area is 131 Å². The second kappa shape index (κ2) is 7.94. The van der Waals surface area contributed by atoms with E-state index in [1.54, 1.807) is 4.90 Å². The van der Waals surface area contributed by atoms with Crippen molar-refractivity contribution in [2.75, 3.05) is 13.2 Å². The molecule has 0 aromatic heterocycles. The molecule has 0 aliphatic carbocycles. The van der Waals surface area contributed by atoms with Gasteiger partial charge in [0.2, 0.25) is 0 Å². The summed E-state index contributed by atoms with van der Waals surface area (Å²) in [4.78, 5) is 26.0. The van der Waals surface area contributed by atoms with Crippen molar-refractivity contribution in [3.05, 3.63) is 35.9 Å². The molecule has 1 heterocycles. The van der Waals surface area contributed by atoms with Gasteiger partial charge in [-0.3, -0.25) is 9.59 Å². The number of amides is 2. The first kappa shape index (κ1) is 16.5. The fraction of sp³-hybridized carbons (Fsp3) is 0.529. The summed E-state index contributed by atoms with van der Waals surface area (Å²) in [6.07, 6.45) is 1.99. The monoisotopic (exact) mass is 304 g/mol. The second-order valence-corrected chi connectivity index (χ2v) is 5.86. The molecule has 1 aromatic rings. The van der Waals surface area contributed by atoms with E-state index in [1.165, 1.54) is 0 Å². The van der Waals surface area contributed by atoms with Crippen LogP contribution in [0.15, 0.2) is 30.3 Å². The summed E-state index contributed by atoms with van der Waals surface area (Å²) in [5, 5.41) is 2.69. The highest BCUT2D eigenvalue weighted by Crippen LogP contribution is 2.11. The van der Waals surface area contributed by atoms with E-state index in [0.717, 1.165) is 25.0 Å². The molecule has 1 aliphatic heterocycles. The van der Waals surface area contributed by atoms with Gasteiger partial charge in [-0.1, -0.05) is 30.3 Å². The molecule has 1 saturated heterocycles. The lowest BCUT2D eigenvalue weighted by molar-refractivity contribution is -0.147. The highest BCUT2D eigenvalue weighted by molar-refractivity contribution is 6.35. The first-order valence-corrected chi connectivity index (χ1v) is 7.82. The Morgan fingerprint density at radius 3 is 2.64 bits per heavy atom. The third-order valence-corrected chi connectivity index (χ3v) is 3.79. The maximum absolute atomic E-state index is 12.4. The molecule has 2 rings (SSSR count). The standard InChI is InChI=1S/C17H24N2O3/c1-13(2)19(12-14-7-4-3-5-8-14)17(21)16(20)18-11-15-9-6-10-22-15/h3-5,7-8,13,15H,6,9-12H2,1-2H3,(H,18,20). The van der Waals surface area contributed by atoms with E-state index >= 15 is 0 Å². The largest absolute Gasteiger partial charge is 0.376 e. The van der Waals surface area contributed by atoms with Crippen LogP contribution in [-0.2, 0) is 20.9 Å². The fourth-order valence-corrected chi connectivity index (χ4v) is 2.49. The number of rotatable bonds is 5. The molecule has 1 aromatic carbocycles. The van der Waals surface area contributed by atoms with Crippen LogP contribution < -0.4 is 5.32 Å². The average Bonchev–Trinajstić information content (AvgIpc) is 3.03. The van der Waals surface area contributed by atoms with Crippen LogP contribution in [0.5, 0.6) is 0 Å². The van der Waals surface area contributed by atoms with E-state index in [9.17, 15) is 9.59 Å². The van der Waals surface area contributed by atoms with E-state index in [4.69, 9.17) is 4.74 Å². The quantitative estimate of drug-likeness (QED) is 0.843. The summed E-state index contributed by atoms with van der Waals surface area (Å²) in [6.45, 7) is 5.40. The molecule has 1 atom stereocenters. The third-order valence-electron chi connectivity index (χ3n) is 3.79. The molecule has 1 fully saturated rings. The Kier molecular flexibility index (Phi) is 5.95. The Morgan fingerprint density at radius 2 is 2.05 bits per heavy atom. The number of carbonyl (C=O) groups is 2. The summed E-state index contributed by atoms with van der Waals surface area (Å²) in [6, 6.07) is 9.64. The molecule has 1 aliphatic rings. The van der Waals surface area contributed by atoms with E-state index in [1.807, 2.05) is 44.2 Å². The van der Waals surface area contributed by atoms with Gasteiger partial charge in [0.1, 0.15) is 0 Å². The van der Waals surface area contributed by atoms with E-state index in [2.05, 4.69) is 5.32 Å². The molecule has 2 amide bonds. The lowest BCUT2D eigenvalue weighted by Crippen LogP contribution is -2.47. The van der Waals surface area contributed by atoms with E-state index in [0.29, 0.717) is 13.1 Å². The smallest absolute Gasteiger partial charge is 0.312 e. The molecule has 1 unspecified atom stereocenters. The normalized spacial score (nSPS) is 17.5. The van der Waals surface area contributed by atoms with Gasteiger partial charge in [-0.15, -0.1) is 0 Å². The van der Waals surface area contributed by atoms with Crippen LogP contribution in [0.25, 0.3) is 0 Å². The highest BCUT2D eigenvalue weighted by atomic mass is 16.5. The minimum absolute atomic E-state index is 0.0402. The summed E-state index contributed by atoms with van der Waals surface area (Å²) in [7, 11) is 0.